The van der Waals surface area contributed by atoms with Crippen LogP contribution in [0.15, 0.2) is 24.4 Å². The van der Waals surface area contributed by atoms with Crippen molar-refractivity contribution in [2.75, 3.05) is 62.9 Å². The van der Waals surface area contributed by atoms with Gasteiger partial charge in [0.15, 0.2) is 0 Å². The topological polar surface area (TPSA) is 94.6 Å². The van der Waals surface area contributed by atoms with Crippen LogP contribution >= 0.6 is 0 Å². The normalized spacial score (nSPS) is 26.5. The fourth-order valence-electron chi connectivity index (χ4n) is 6.97. The molecule has 224 valence electrons. The van der Waals surface area contributed by atoms with E-state index in [4.69, 9.17) is 4.74 Å². The number of fused-ring (bicyclic) bond motifs is 3. The van der Waals surface area contributed by atoms with Gasteiger partial charge in [0.25, 0.3) is 0 Å². The van der Waals surface area contributed by atoms with E-state index in [1.165, 1.54) is 0 Å². The van der Waals surface area contributed by atoms with Crippen molar-refractivity contribution in [2.24, 2.45) is 23.2 Å². The highest BCUT2D eigenvalue weighted by atomic mass is 19.4. The number of amides is 1. The van der Waals surface area contributed by atoms with Crippen molar-refractivity contribution in [1.82, 2.24) is 20.2 Å². The summed E-state index contributed by atoms with van der Waals surface area (Å²) in [6.07, 6.45) is -2.43. The minimum absolute atomic E-state index is 0.00301. The second kappa shape index (κ2) is 10.5. The van der Waals surface area contributed by atoms with E-state index < -0.39 is 23.2 Å². The number of carbonyl (C=O) groups excluding carboxylic acids is 1. The molecule has 2 heterocycles. The summed E-state index contributed by atoms with van der Waals surface area (Å²) < 4.78 is 48.4. The average Bonchev–Trinajstić information content (AvgIpc) is 2.90. The van der Waals surface area contributed by atoms with Gasteiger partial charge in [-0.1, -0.05) is 13.8 Å². The number of nitrogens with one attached hydrogen (secondary N) is 3. The van der Waals surface area contributed by atoms with Crippen LogP contribution in [-0.4, -0.2) is 73.7 Å². The van der Waals surface area contributed by atoms with Gasteiger partial charge in [0.05, 0.1) is 23.7 Å². The number of nitrogens with zero attached hydrogens (tertiary/aromatic N) is 4. The van der Waals surface area contributed by atoms with Crippen molar-refractivity contribution in [1.29, 1.82) is 0 Å². The molecule has 1 aromatic carbocycles. The van der Waals surface area contributed by atoms with Crippen LogP contribution in [0.3, 0.4) is 0 Å². The van der Waals surface area contributed by atoms with E-state index in [9.17, 15) is 18.0 Å². The van der Waals surface area contributed by atoms with Gasteiger partial charge in [-0.25, -0.2) is 4.98 Å². The molecule has 9 nitrogen and oxygen atoms in total. The number of rotatable bonds is 8. The molecule has 3 aliphatic carbocycles. The number of ether oxygens (including phenoxy) is 1. The van der Waals surface area contributed by atoms with Crippen LogP contribution in [0.5, 0.6) is 5.75 Å². The van der Waals surface area contributed by atoms with Crippen molar-refractivity contribution in [3.8, 4) is 5.75 Å². The molecule has 12 heteroatoms. The smallest absolute Gasteiger partial charge is 0.421 e. The summed E-state index contributed by atoms with van der Waals surface area (Å²) >= 11 is 0. The van der Waals surface area contributed by atoms with E-state index in [0.717, 1.165) is 37.9 Å². The van der Waals surface area contributed by atoms with Gasteiger partial charge in [-0.3, -0.25) is 4.79 Å². The Morgan fingerprint density at radius 1 is 1.22 bits per heavy atom. The molecule has 1 aliphatic heterocycles. The van der Waals surface area contributed by atoms with E-state index in [0.29, 0.717) is 30.4 Å². The molecule has 2 aromatic rings. The van der Waals surface area contributed by atoms with Gasteiger partial charge in [0.1, 0.15) is 23.7 Å². The molecule has 3 fully saturated rings. The summed E-state index contributed by atoms with van der Waals surface area (Å²) in [5.41, 5.74) is -0.447. The predicted octanol–water partition coefficient (Wildman–Crippen LogP) is 4.60. The number of likely N-dealkylation sites (N-methyl/N-ethyl adjacent to an activating group) is 1. The van der Waals surface area contributed by atoms with Gasteiger partial charge < -0.3 is 30.5 Å². The molecule has 3 saturated carbocycles. The maximum absolute atomic E-state index is 14.2. The number of benzene rings is 1. The van der Waals surface area contributed by atoms with Crippen molar-refractivity contribution in [3.63, 3.8) is 0 Å². The van der Waals surface area contributed by atoms with Crippen LogP contribution in [0.4, 0.5) is 36.3 Å². The van der Waals surface area contributed by atoms with Crippen LogP contribution in [-0.2, 0) is 11.0 Å². The molecule has 0 radical (unpaired) electrons. The summed E-state index contributed by atoms with van der Waals surface area (Å²) in [5.74, 6) is 0.0372. The van der Waals surface area contributed by atoms with Crippen LogP contribution in [0, 0.1) is 23.2 Å². The van der Waals surface area contributed by atoms with Crippen molar-refractivity contribution in [3.05, 3.63) is 30.0 Å². The molecule has 1 aromatic heterocycles. The van der Waals surface area contributed by atoms with Gasteiger partial charge in [-0.2, -0.15) is 18.2 Å². The van der Waals surface area contributed by atoms with E-state index in [1.807, 2.05) is 39.2 Å². The second-order valence-corrected chi connectivity index (χ2v) is 12.5. The van der Waals surface area contributed by atoms with Gasteiger partial charge in [0, 0.05) is 38.1 Å². The number of anilines is 4. The van der Waals surface area contributed by atoms with Crippen LogP contribution in [0.25, 0.3) is 0 Å². The Labute approximate surface area is 239 Å². The van der Waals surface area contributed by atoms with Crippen LogP contribution in [0.2, 0.25) is 0 Å². The van der Waals surface area contributed by atoms with Gasteiger partial charge >= 0.3 is 6.18 Å². The molecule has 0 unspecified atom stereocenters. The Morgan fingerprint density at radius 2 is 1.98 bits per heavy atom. The van der Waals surface area contributed by atoms with Gasteiger partial charge in [-0.05, 0) is 63.2 Å². The minimum Gasteiger partial charge on any atom is -0.489 e. The second-order valence-electron chi connectivity index (χ2n) is 12.5. The third-order valence-corrected chi connectivity index (χ3v) is 9.48. The Morgan fingerprint density at radius 3 is 2.63 bits per heavy atom. The minimum atomic E-state index is -4.68. The zero-order valence-electron chi connectivity index (χ0n) is 24.5. The largest absolute Gasteiger partial charge is 0.489 e. The number of hydrogen-bond donors (Lipinski definition) is 3. The molecule has 4 atom stereocenters. The zero-order valence-corrected chi connectivity index (χ0v) is 24.5. The van der Waals surface area contributed by atoms with Crippen LogP contribution < -0.4 is 25.6 Å². The highest BCUT2D eigenvalue weighted by Gasteiger charge is 2.65. The number of aromatic nitrogens is 2. The SMILES string of the molecule is CNC(=O)[C@H]1C[C@@H]2C[C@H](C2(C)C)[C@@]1(C)Nc1nc(Nc2ccc3c(c2)OCCN3CCN(C)C)ncc1C(F)(F)F. The fourth-order valence-corrected chi connectivity index (χ4v) is 6.97. The number of carbonyl (C=O) groups is 1. The van der Waals surface area contributed by atoms with Crippen LogP contribution in [0.1, 0.15) is 39.2 Å². The third-order valence-electron chi connectivity index (χ3n) is 9.48. The lowest BCUT2D eigenvalue weighted by molar-refractivity contribution is -0.156. The summed E-state index contributed by atoms with van der Waals surface area (Å²) in [4.78, 5) is 25.6. The fraction of sp³-hybridized carbons (Fsp3) is 0.621. The molecule has 0 spiro atoms. The van der Waals surface area contributed by atoms with E-state index in [-0.39, 0.29) is 29.0 Å². The highest BCUT2D eigenvalue weighted by Crippen LogP contribution is 2.65. The van der Waals surface area contributed by atoms with Crippen molar-refractivity contribution < 1.29 is 22.7 Å². The summed E-state index contributed by atoms with van der Waals surface area (Å²) in [5, 5.41) is 8.90. The standard InChI is InChI=1S/C29H40F3N7O2/c1-27(2)17-13-19(25(40)33-4)28(3,23(27)14-17)37-24-20(29(30,31)32)16-34-26(36-24)35-18-7-8-21-22(15-18)41-12-11-39(21)10-9-38(5)6/h7-8,15-17,19,23H,9-14H2,1-6H3,(H,33,40)(H2,34,35,36,37)/t17-,19-,23-,28+/m1/s1. The molecule has 41 heavy (non-hydrogen) atoms. The molecular formula is C29H40F3N7O2. The molecule has 6 rings (SSSR count). The van der Waals surface area contributed by atoms with E-state index in [2.05, 4.69) is 49.6 Å². The first-order valence-corrected chi connectivity index (χ1v) is 14.1. The highest BCUT2D eigenvalue weighted by molar-refractivity contribution is 5.81. The number of alkyl halides is 3. The van der Waals surface area contributed by atoms with Crippen molar-refractivity contribution in [2.45, 2.75) is 45.3 Å². The lowest BCUT2D eigenvalue weighted by atomic mass is 9.40. The predicted molar refractivity (Wildman–Crippen MR) is 153 cm³/mol. The average molecular weight is 576 g/mol. The maximum Gasteiger partial charge on any atom is 0.421 e. The zero-order chi connectivity index (χ0) is 29.7. The summed E-state index contributed by atoms with van der Waals surface area (Å²) in [6, 6.07) is 5.58. The monoisotopic (exact) mass is 575 g/mol. The molecule has 2 bridgehead atoms. The number of halogens is 3. The lowest BCUT2D eigenvalue weighted by Gasteiger charge is -2.66. The molecular weight excluding hydrogens is 535 g/mol. The lowest BCUT2D eigenvalue weighted by Crippen LogP contribution is -2.69. The molecule has 0 saturated heterocycles. The third kappa shape index (κ3) is 5.38. The van der Waals surface area contributed by atoms with Gasteiger partial charge in [-0.15, -0.1) is 0 Å². The summed E-state index contributed by atoms with van der Waals surface area (Å²) in [7, 11) is 5.61. The first-order valence-electron chi connectivity index (χ1n) is 14.1. The maximum atomic E-state index is 14.2. The first-order chi connectivity index (χ1) is 19.2. The Hall–Kier alpha value is -3.28. The quantitative estimate of drug-likeness (QED) is 0.421. The Kier molecular flexibility index (Phi) is 7.50. The first kappa shape index (κ1) is 29.2. The van der Waals surface area contributed by atoms with E-state index in [1.54, 1.807) is 7.05 Å². The number of hydrogen-bond acceptors (Lipinski definition) is 8. The van der Waals surface area contributed by atoms with Crippen molar-refractivity contribution >= 4 is 29.0 Å². The van der Waals surface area contributed by atoms with Gasteiger partial charge in [0.2, 0.25) is 11.9 Å². The molecule has 3 N–H and O–H groups in total. The Balaban J connectivity index is 1.44. The molecule has 1 amide bonds. The van der Waals surface area contributed by atoms with E-state index >= 15 is 0 Å². The Bertz CT molecular complexity index is 1300. The summed E-state index contributed by atoms with van der Waals surface area (Å²) in [6.45, 7) is 9.17. The molecule has 4 aliphatic rings.